The van der Waals surface area contributed by atoms with E-state index in [2.05, 4.69) is 9.89 Å². The fraction of sp³-hybridized carbons (Fsp3) is 0.923. The van der Waals surface area contributed by atoms with Gasteiger partial charge in [-0.3, -0.25) is 4.99 Å². The monoisotopic (exact) mass is 399 g/mol. The first-order valence-corrected chi connectivity index (χ1v) is 6.95. The molecular weight excluding hydrogens is 373 g/mol. The molecule has 2 heterocycles. The second-order valence-electron chi connectivity index (χ2n) is 5.32. The number of rotatable bonds is 4. The zero-order valence-electron chi connectivity index (χ0n) is 12.2. The first-order valence-electron chi connectivity index (χ1n) is 6.95. The van der Waals surface area contributed by atoms with Crippen LogP contribution in [0.3, 0.4) is 0 Å². The standard InChI is InChI=1S/C13H25N3O3.HI/c1-17-11-13(2-6-18-7-3-13)10-15-12(14)16-4-8-19-9-5-16;/h2-11H2,1H3,(H2,14,15);1H. The van der Waals surface area contributed by atoms with Crippen LogP contribution < -0.4 is 5.73 Å². The van der Waals surface area contributed by atoms with Gasteiger partial charge in [-0.2, -0.15) is 0 Å². The van der Waals surface area contributed by atoms with Gasteiger partial charge < -0.3 is 24.8 Å². The molecule has 0 atom stereocenters. The Hall–Kier alpha value is -0.120. The molecule has 0 amide bonds. The van der Waals surface area contributed by atoms with Gasteiger partial charge in [0.2, 0.25) is 0 Å². The van der Waals surface area contributed by atoms with Crippen LogP contribution in [-0.2, 0) is 14.2 Å². The van der Waals surface area contributed by atoms with Gasteiger partial charge in [-0.15, -0.1) is 24.0 Å². The number of nitrogens with zero attached hydrogens (tertiary/aromatic N) is 2. The highest BCUT2D eigenvalue weighted by Crippen LogP contribution is 2.31. The fourth-order valence-electron chi connectivity index (χ4n) is 2.60. The van der Waals surface area contributed by atoms with Gasteiger partial charge in [0.15, 0.2) is 5.96 Å². The predicted molar refractivity (Wildman–Crippen MR) is 88.7 cm³/mol. The van der Waals surface area contributed by atoms with Crippen molar-refractivity contribution in [1.82, 2.24) is 4.90 Å². The van der Waals surface area contributed by atoms with Crippen LogP contribution in [0.15, 0.2) is 4.99 Å². The first-order chi connectivity index (χ1) is 9.26. The number of hydrogen-bond acceptors (Lipinski definition) is 4. The van der Waals surface area contributed by atoms with Gasteiger partial charge in [0, 0.05) is 38.8 Å². The van der Waals surface area contributed by atoms with E-state index in [1.165, 1.54) is 0 Å². The maximum absolute atomic E-state index is 6.07. The number of ether oxygens (including phenoxy) is 3. The van der Waals surface area contributed by atoms with Crippen LogP contribution in [0.4, 0.5) is 0 Å². The first kappa shape index (κ1) is 17.9. The van der Waals surface area contributed by atoms with Gasteiger partial charge in [-0.1, -0.05) is 0 Å². The van der Waals surface area contributed by atoms with Gasteiger partial charge in [-0.05, 0) is 12.8 Å². The molecule has 118 valence electrons. The van der Waals surface area contributed by atoms with Crippen molar-refractivity contribution in [2.75, 3.05) is 59.8 Å². The predicted octanol–water partition coefficient (Wildman–Crippen LogP) is 0.694. The summed E-state index contributed by atoms with van der Waals surface area (Å²) in [6, 6.07) is 0. The lowest BCUT2D eigenvalue weighted by Gasteiger charge is -2.36. The number of aliphatic imine (C=N–C) groups is 1. The number of hydrogen-bond donors (Lipinski definition) is 1. The number of halogens is 1. The molecule has 0 aromatic heterocycles. The number of methoxy groups -OCH3 is 1. The van der Waals surface area contributed by atoms with Crippen molar-refractivity contribution in [2.45, 2.75) is 12.8 Å². The molecule has 0 bridgehead atoms. The summed E-state index contributed by atoms with van der Waals surface area (Å²) < 4.78 is 16.1. The summed E-state index contributed by atoms with van der Waals surface area (Å²) in [7, 11) is 1.74. The van der Waals surface area contributed by atoms with Crippen LogP contribution in [0.2, 0.25) is 0 Å². The summed E-state index contributed by atoms with van der Waals surface area (Å²) in [5.41, 5.74) is 6.16. The second kappa shape index (κ2) is 9.01. The van der Waals surface area contributed by atoms with Crippen LogP contribution in [0.25, 0.3) is 0 Å². The van der Waals surface area contributed by atoms with E-state index in [0.29, 0.717) is 12.5 Å². The zero-order valence-corrected chi connectivity index (χ0v) is 14.5. The molecule has 2 aliphatic heterocycles. The molecule has 0 aromatic carbocycles. The van der Waals surface area contributed by atoms with Crippen molar-refractivity contribution in [2.24, 2.45) is 16.1 Å². The maximum Gasteiger partial charge on any atom is 0.191 e. The van der Waals surface area contributed by atoms with E-state index in [-0.39, 0.29) is 29.4 Å². The van der Waals surface area contributed by atoms with Gasteiger partial charge in [0.05, 0.1) is 26.4 Å². The maximum atomic E-state index is 6.07. The lowest BCUT2D eigenvalue weighted by atomic mass is 9.81. The van der Waals surface area contributed by atoms with E-state index in [9.17, 15) is 0 Å². The molecule has 0 spiro atoms. The molecule has 2 rings (SSSR count). The highest BCUT2D eigenvalue weighted by Gasteiger charge is 2.32. The molecule has 0 aromatic rings. The normalized spacial score (nSPS) is 23.2. The van der Waals surface area contributed by atoms with Crippen molar-refractivity contribution in [3.63, 3.8) is 0 Å². The van der Waals surface area contributed by atoms with Gasteiger partial charge in [0.25, 0.3) is 0 Å². The Kier molecular flexibility index (Phi) is 8.08. The molecule has 0 saturated carbocycles. The summed E-state index contributed by atoms with van der Waals surface area (Å²) in [6.07, 6.45) is 1.97. The third kappa shape index (κ3) is 5.01. The molecule has 0 unspecified atom stereocenters. The topological polar surface area (TPSA) is 69.3 Å². The number of morpholine rings is 1. The third-order valence-electron chi connectivity index (χ3n) is 3.92. The van der Waals surface area contributed by atoms with Crippen molar-refractivity contribution in [3.8, 4) is 0 Å². The third-order valence-corrected chi connectivity index (χ3v) is 3.92. The molecule has 0 radical (unpaired) electrons. The molecule has 20 heavy (non-hydrogen) atoms. The summed E-state index contributed by atoms with van der Waals surface area (Å²) in [6.45, 7) is 6.13. The number of nitrogens with two attached hydrogens (primary N) is 1. The Morgan fingerprint density at radius 1 is 1.20 bits per heavy atom. The van der Waals surface area contributed by atoms with E-state index < -0.39 is 0 Å². The van der Waals surface area contributed by atoms with Crippen LogP contribution in [0.5, 0.6) is 0 Å². The van der Waals surface area contributed by atoms with Crippen molar-refractivity contribution in [1.29, 1.82) is 0 Å². The summed E-state index contributed by atoms with van der Waals surface area (Å²) in [5.74, 6) is 0.630. The lowest BCUT2D eigenvalue weighted by Crippen LogP contribution is -2.46. The highest BCUT2D eigenvalue weighted by atomic mass is 127. The van der Waals surface area contributed by atoms with E-state index in [0.717, 1.165) is 59.0 Å². The largest absolute Gasteiger partial charge is 0.384 e. The van der Waals surface area contributed by atoms with Crippen LogP contribution in [-0.4, -0.2) is 70.6 Å². The minimum absolute atomic E-state index is 0. The van der Waals surface area contributed by atoms with Crippen molar-refractivity contribution in [3.05, 3.63) is 0 Å². The lowest BCUT2D eigenvalue weighted by molar-refractivity contribution is -0.0225. The summed E-state index contributed by atoms with van der Waals surface area (Å²) in [5, 5.41) is 0. The van der Waals surface area contributed by atoms with Gasteiger partial charge in [0.1, 0.15) is 0 Å². The van der Waals surface area contributed by atoms with Crippen LogP contribution in [0, 0.1) is 5.41 Å². The molecule has 7 heteroatoms. The average Bonchev–Trinajstić information content (AvgIpc) is 2.47. The molecule has 6 nitrogen and oxygen atoms in total. The van der Waals surface area contributed by atoms with Crippen LogP contribution >= 0.6 is 24.0 Å². The van der Waals surface area contributed by atoms with E-state index in [1.807, 2.05) is 0 Å². The van der Waals surface area contributed by atoms with Gasteiger partial charge >= 0.3 is 0 Å². The minimum Gasteiger partial charge on any atom is -0.384 e. The Balaban J connectivity index is 0.00000200. The highest BCUT2D eigenvalue weighted by molar-refractivity contribution is 14.0. The van der Waals surface area contributed by atoms with Crippen LogP contribution in [0.1, 0.15) is 12.8 Å². The molecule has 2 fully saturated rings. The average molecular weight is 399 g/mol. The van der Waals surface area contributed by atoms with Crippen molar-refractivity contribution >= 4 is 29.9 Å². The summed E-state index contributed by atoms with van der Waals surface area (Å²) >= 11 is 0. The number of guanidine groups is 1. The quantitative estimate of drug-likeness (QED) is 0.428. The van der Waals surface area contributed by atoms with Gasteiger partial charge in [-0.25, -0.2) is 0 Å². The molecule has 0 aliphatic carbocycles. The van der Waals surface area contributed by atoms with E-state index in [4.69, 9.17) is 19.9 Å². The van der Waals surface area contributed by atoms with Crippen molar-refractivity contribution < 1.29 is 14.2 Å². The Bertz CT molecular complexity index is 298. The Labute approximate surface area is 138 Å². The zero-order chi connectivity index (χ0) is 13.6. The minimum atomic E-state index is 0. The SMILES string of the molecule is COCC1(CN=C(N)N2CCOCC2)CCOCC1.I. The smallest absolute Gasteiger partial charge is 0.191 e. The second-order valence-corrected chi connectivity index (χ2v) is 5.32. The fourth-order valence-corrected chi connectivity index (χ4v) is 2.60. The molecule has 2 N–H and O–H groups in total. The molecular formula is C13H26IN3O3. The Morgan fingerprint density at radius 2 is 1.80 bits per heavy atom. The molecule has 2 saturated heterocycles. The van der Waals surface area contributed by atoms with E-state index >= 15 is 0 Å². The molecule has 2 aliphatic rings. The summed E-state index contributed by atoms with van der Waals surface area (Å²) in [4.78, 5) is 6.68. The Morgan fingerprint density at radius 3 is 2.40 bits per heavy atom. The van der Waals surface area contributed by atoms with E-state index in [1.54, 1.807) is 7.11 Å².